The average Bonchev–Trinajstić information content (AvgIpc) is 3.28. The molecule has 0 aliphatic carbocycles. The fourth-order valence-corrected chi connectivity index (χ4v) is 3.76. The molecule has 4 nitrogen and oxygen atoms in total. The van der Waals surface area contributed by atoms with Gasteiger partial charge in [0, 0.05) is 25.3 Å². The van der Waals surface area contributed by atoms with Crippen LogP contribution in [0.3, 0.4) is 0 Å². The fraction of sp³-hybridized carbons (Fsp3) is 0.292. The number of carbonyl (C=O) groups is 1. The van der Waals surface area contributed by atoms with Crippen LogP contribution in [0.5, 0.6) is 0 Å². The quantitative estimate of drug-likeness (QED) is 0.652. The highest BCUT2D eigenvalue weighted by Crippen LogP contribution is 2.31. The largest absolute Gasteiger partial charge is 0.459 e. The van der Waals surface area contributed by atoms with Crippen LogP contribution in [0.1, 0.15) is 47.5 Å². The Labute approximate surface area is 166 Å². The van der Waals surface area contributed by atoms with E-state index in [0.29, 0.717) is 18.2 Å². The zero-order valence-electron chi connectivity index (χ0n) is 16.3. The molecular formula is C24H25N2O2. The van der Waals surface area contributed by atoms with Crippen molar-refractivity contribution in [2.45, 2.75) is 25.8 Å². The maximum absolute atomic E-state index is 13.0. The van der Waals surface area contributed by atoms with Crippen LogP contribution in [0.2, 0.25) is 0 Å². The van der Waals surface area contributed by atoms with Crippen LogP contribution >= 0.6 is 0 Å². The first-order valence-corrected chi connectivity index (χ1v) is 9.79. The molecule has 2 aromatic carbocycles. The number of carbonyl (C=O) groups excluding carboxylic acids is 1. The Hall–Kier alpha value is -3.01. The smallest absolute Gasteiger partial charge is 0.290 e. The Bertz CT molecular complexity index is 919. The normalized spacial score (nSPS) is 17.2. The zero-order valence-corrected chi connectivity index (χ0v) is 16.3. The van der Waals surface area contributed by atoms with Gasteiger partial charge in [0.1, 0.15) is 0 Å². The average molecular weight is 373 g/mol. The van der Waals surface area contributed by atoms with Crippen molar-refractivity contribution in [3.63, 3.8) is 0 Å². The number of rotatable bonds is 4. The standard InChI is InChI=1S/C24H25N2O2/c1-18(2)20-10-6-11-21(16-20)25-13-14-26(24(27)23-12-7-15-28-23)22(17-25)19-8-4-3-5-9-19/h3-5,7-12,15-16,18,22H,13-14,17H2,1-2H3. The molecule has 1 fully saturated rings. The summed E-state index contributed by atoms with van der Waals surface area (Å²) in [6.45, 7) is 6.56. The van der Waals surface area contributed by atoms with Gasteiger partial charge in [-0.1, -0.05) is 50.2 Å². The summed E-state index contributed by atoms with van der Waals surface area (Å²) in [4.78, 5) is 17.3. The fourth-order valence-electron chi connectivity index (χ4n) is 3.76. The molecule has 1 saturated heterocycles. The summed E-state index contributed by atoms with van der Waals surface area (Å²) in [5.41, 5.74) is 3.58. The molecule has 0 bridgehead atoms. The van der Waals surface area contributed by atoms with Crippen LogP contribution in [0.4, 0.5) is 5.69 Å². The molecule has 28 heavy (non-hydrogen) atoms. The summed E-state index contributed by atoms with van der Waals surface area (Å²) >= 11 is 0. The highest BCUT2D eigenvalue weighted by molar-refractivity contribution is 5.92. The molecule has 2 heterocycles. The van der Waals surface area contributed by atoms with Gasteiger partial charge >= 0.3 is 0 Å². The summed E-state index contributed by atoms with van der Waals surface area (Å²) in [6.07, 6.45) is 1.55. The Morgan fingerprint density at radius 1 is 1.11 bits per heavy atom. The van der Waals surface area contributed by atoms with Crippen molar-refractivity contribution in [3.05, 3.63) is 89.9 Å². The lowest BCUT2D eigenvalue weighted by atomic mass is 9.99. The monoisotopic (exact) mass is 373 g/mol. The summed E-state index contributed by atoms with van der Waals surface area (Å²) in [5.74, 6) is 0.799. The molecule has 1 aliphatic heterocycles. The molecule has 3 aromatic rings. The third kappa shape index (κ3) is 3.68. The Morgan fingerprint density at radius 2 is 1.93 bits per heavy atom. The lowest BCUT2D eigenvalue weighted by molar-refractivity contribution is 0.0622. The van der Waals surface area contributed by atoms with Crippen molar-refractivity contribution in [2.75, 3.05) is 24.5 Å². The minimum Gasteiger partial charge on any atom is -0.459 e. The van der Waals surface area contributed by atoms with Gasteiger partial charge in [-0.05, 0) is 47.4 Å². The first kappa shape index (κ1) is 18.4. The van der Waals surface area contributed by atoms with E-state index in [1.807, 2.05) is 29.2 Å². The van der Waals surface area contributed by atoms with Crippen LogP contribution < -0.4 is 4.90 Å². The second-order valence-corrected chi connectivity index (χ2v) is 7.53. The number of anilines is 1. The molecule has 4 rings (SSSR count). The highest BCUT2D eigenvalue weighted by atomic mass is 16.3. The maximum Gasteiger partial charge on any atom is 0.290 e. The second-order valence-electron chi connectivity index (χ2n) is 7.53. The van der Waals surface area contributed by atoms with E-state index in [0.717, 1.165) is 24.3 Å². The number of furan rings is 1. The van der Waals surface area contributed by atoms with Crippen molar-refractivity contribution in [1.82, 2.24) is 4.90 Å². The molecule has 1 aromatic heterocycles. The lowest BCUT2D eigenvalue weighted by Crippen LogP contribution is -2.50. The second kappa shape index (κ2) is 7.93. The molecule has 1 unspecified atom stereocenters. The van der Waals surface area contributed by atoms with Crippen molar-refractivity contribution in [2.24, 2.45) is 0 Å². The number of piperazine rings is 1. The predicted molar refractivity (Wildman–Crippen MR) is 111 cm³/mol. The van der Waals surface area contributed by atoms with Gasteiger partial charge in [-0.15, -0.1) is 0 Å². The van der Waals surface area contributed by atoms with Crippen LogP contribution in [-0.2, 0) is 0 Å². The van der Waals surface area contributed by atoms with Gasteiger partial charge in [0.05, 0.1) is 12.3 Å². The number of hydrogen-bond acceptors (Lipinski definition) is 3. The maximum atomic E-state index is 13.0. The highest BCUT2D eigenvalue weighted by Gasteiger charge is 2.33. The van der Waals surface area contributed by atoms with Gasteiger partial charge in [-0.2, -0.15) is 0 Å². The zero-order chi connectivity index (χ0) is 19.5. The Morgan fingerprint density at radius 3 is 2.64 bits per heavy atom. The Balaban J connectivity index is 1.64. The summed E-state index contributed by atoms with van der Waals surface area (Å²) in [7, 11) is 0. The molecule has 4 heteroatoms. The van der Waals surface area contributed by atoms with E-state index >= 15 is 0 Å². The minimum absolute atomic E-state index is 0.0322. The molecule has 1 amide bonds. The van der Waals surface area contributed by atoms with E-state index in [1.54, 1.807) is 18.4 Å². The van der Waals surface area contributed by atoms with E-state index in [-0.39, 0.29) is 11.9 Å². The number of nitrogens with zero attached hydrogens (tertiary/aromatic N) is 2. The van der Waals surface area contributed by atoms with Crippen LogP contribution in [0.15, 0.2) is 71.3 Å². The summed E-state index contributed by atoms with van der Waals surface area (Å²) in [5, 5.41) is 0. The van der Waals surface area contributed by atoms with E-state index in [1.165, 1.54) is 5.56 Å². The van der Waals surface area contributed by atoms with Gasteiger partial charge in [0.2, 0.25) is 0 Å². The molecule has 1 aliphatic rings. The van der Waals surface area contributed by atoms with Gasteiger partial charge in [0.15, 0.2) is 5.76 Å². The molecule has 0 saturated carbocycles. The van der Waals surface area contributed by atoms with Crippen molar-refractivity contribution in [1.29, 1.82) is 0 Å². The van der Waals surface area contributed by atoms with E-state index in [2.05, 4.69) is 49.1 Å². The van der Waals surface area contributed by atoms with Crippen LogP contribution in [0.25, 0.3) is 0 Å². The van der Waals surface area contributed by atoms with Gasteiger partial charge in [-0.25, -0.2) is 0 Å². The van der Waals surface area contributed by atoms with Gasteiger partial charge in [0.25, 0.3) is 5.91 Å². The minimum atomic E-state index is -0.0546. The van der Waals surface area contributed by atoms with E-state index < -0.39 is 0 Å². The molecular weight excluding hydrogens is 348 g/mol. The van der Waals surface area contributed by atoms with E-state index in [9.17, 15) is 4.79 Å². The first-order chi connectivity index (χ1) is 13.6. The molecule has 0 spiro atoms. The first-order valence-electron chi connectivity index (χ1n) is 9.79. The summed E-state index contributed by atoms with van der Waals surface area (Å²) < 4.78 is 5.38. The van der Waals surface area contributed by atoms with Gasteiger partial charge < -0.3 is 14.2 Å². The van der Waals surface area contributed by atoms with Gasteiger partial charge in [-0.3, -0.25) is 4.79 Å². The van der Waals surface area contributed by atoms with Crippen LogP contribution in [-0.4, -0.2) is 30.4 Å². The molecule has 1 atom stereocenters. The topological polar surface area (TPSA) is 36.7 Å². The third-order valence-electron chi connectivity index (χ3n) is 5.39. The van der Waals surface area contributed by atoms with Crippen molar-refractivity contribution >= 4 is 11.6 Å². The SMILES string of the molecule is CC(C)c1c[c]cc(N2CCN(C(=O)c3ccco3)C(c3ccccc3)C2)c1. The molecule has 1 radical (unpaired) electrons. The molecule has 143 valence electrons. The Kier molecular flexibility index (Phi) is 5.20. The third-order valence-corrected chi connectivity index (χ3v) is 5.39. The summed E-state index contributed by atoms with van der Waals surface area (Å²) in [6, 6.07) is 23.3. The van der Waals surface area contributed by atoms with Crippen LogP contribution in [0, 0.1) is 6.07 Å². The molecule has 0 N–H and O–H groups in total. The number of hydrogen-bond donors (Lipinski definition) is 0. The van der Waals surface area contributed by atoms with Crippen molar-refractivity contribution in [3.8, 4) is 0 Å². The predicted octanol–water partition coefficient (Wildman–Crippen LogP) is 4.91. The lowest BCUT2D eigenvalue weighted by Gasteiger charge is -2.42. The van der Waals surface area contributed by atoms with Crippen molar-refractivity contribution < 1.29 is 9.21 Å². The number of benzene rings is 2. The number of amides is 1. The van der Waals surface area contributed by atoms with E-state index in [4.69, 9.17) is 4.42 Å².